The average molecular weight is 309 g/mol. The second-order valence-corrected chi connectivity index (χ2v) is 5.08. The van der Waals surface area contributed by atoms with Gasteiger partial charge in [0.25, 0.3) is 0 Å². The Morgan fingerprint density at radius 1 is 1.26 bits per heavy atom. The molecule has 0 aliphatic rings. The summed E-state index contributed by atoms with van der Waals surface area (Å²) < 4.78 is 6.87. The molecule has 0 atom stereocenters. The molecule has 0 spiro atoms. The van der Waals surface area contributed by atoms with E-state index in [1.807, 2.05) is 31.2 Å². The molecule has 6 nitrogen and oxygen atoms in total. The molecule has 1 aromatic carbocycles. The van der Waals surface area contributed by atoms with Crippen molar-refractivity contribution in [3.63, 3.8) is 0 Å². The van der Waals surface area contributed by atoms with Gasteiger partial charge in [0.1, 0.15) is 5.75 Å². The lowest BCUT2D eigenvalue weighted by Gasteiger charge is -2.09. The maximum atomic E-state index is 11.3. The molecule has 0 unspecified atom stereocenters. The van der Waals surface area contributed by atoms with E-state index in [1.54, 1.807) is 36.3 Å². The van der Waals surface area contributed by atoms with E-state index in [1.165, 1.54) is 0 Å². The highest BCUT2D eigenvalue weighted by molar-refractivity contribution is 5.87. The summed E-state index contributed by atoms with van der Waals surface area (Å²) in [6.45, 7) is 1.95. The number of methoxy groups -OCH3 is 1. The Morgan fingerprint density at radius 2 is 2.09 bits per heavy atom. The molecule has 6 heteroatoms. The number of benzene rings is 1. The zero-order valence-electron chi connectivity index (χ0n) is 12.7. The lowest BCUT2D eigenvalue weighted by atomic mass is 10.1. The second-order valence-electron chi connectivity index (χ2n) is 5.08. The molecule has 0 bridgehead atoms. The molecule has 0 aliphatic carbocycles. The summed E-state index contributed by atoms with van der Waals surface area (Å²) in [6, 6.07) is 10.9. The van der Waals surface area contributed by atoms with Gasteiger partial charge >= 0.3 is 5.97 Å². The van der Waals surface area contributed by atoms with Gasteiger partial charge in [-0.25, -0.2) is 9.48 Å². The highest BCUT2D eigenvalue weighted by atomic mass is 16.5. The summed E-state index contributed by atoms with van der Waals surface area (Å²) in [4.78, 5) is 15.4. The van der Waals surface area contributed by atoms with Crippen LogP contribution in [0.2, 0.25) is 0 Å². The Labute approximate surface area is 133 Å². The van der Waals surface area contributed by atoms with Gasteiger partial charge < -0.3 is 9.84 Å². The zero-order chi connectivity index (χ0) is 16.4. The summed E-state index contributed by atoms with van der Waals surface area (Å²) in [5, 5.41) is 13.4. The number of pyridine rings is 1. The molecule has 23 heavy (non-hydrogen) atoms. The Balaban J connectivity index is 2.22. The number of carboxylic acid groups (broad SMARTS) is 1. The van der Waals surface area contributed by atoms with Crippen molar-refractivity contribution in [1.82, 2.24) is 14.8 Å². The summed E-state index contributed by atoms with van der Waals surface area (Å²) in [7, 11) is 1.60. The second kappa shape index (κ2) is 5.92. The number of hydrogen-bond donors (Lipinski definition) is 1. The van der Waals surface area contributed by atoms with Gasteiger partial charge in [-0.05, 0) is 48.9 Å². The summed E-state index contributed by atoms with van der Waals surface area (Å²) >= 11 is 0. The minimum Gasteiger partial charge on any atom is -0.497 e. The van der Waals surface area contributed by atoms with Gasteiger partial charge in [-0.15, -0.1) is 0 Å². The first-order valence-corrected chi connectivity index (χ1v) is 6.98. The van der Waals surface area contributed by atoms with Crippen molar-refractivity contribution in [3.05, 3.63) is 60.0 Å². The van der Waals surface area contributed by atoms with Crippen LogP contribution in [0.15, 0.2) is 48.8 Å². The average Bonchev–Trinajstić information content (AvgIpc) is 3.00. The van der Waals surface area contributed by atoms with Gasteiger partial charge in [0.2, 0.25) is 0 Å². The molecule has 2 aromatic heterocycles. The third kappa shape index (κ3) is 2.91. The maximum Gasteiger partial charge on any atom is 0.356 e. The molecule has 0 saturated heterocycles. The topological polar surface area (TPSA) is 77.2 Å². The van der Waals surface area contributed by atoms with E-state index >= 15 is 0 Å². The van der Waals surface area contributed by atoms with Crippen LogP contribution in [0, 0.1) is 6.92 Å². The Morgan fingerprint density at radius 3 is 2.74 bits per heavy atom. The Bertz CT molecular complexity index is 857. The van der Waals surface area contributed by atoms with Gasteiger partial charge in [0.15, 0.2) is 5.69 Å². The number of aryl methyl sites for hydroxylation is 1. The standard InChI is InChI=1S/C17H15N3O3/c1-11-6-12(8-14(7-11)23-2)16-9-15(17(21)22)19-20(16)13-4-3-5-18-10-13/h3-10H,1-2H3,(H,21,22). The van der Waals surface area contributed by atoms with E-state index in [4.69, 9.17) is 4.74 Å². The molecule has 116 valence electrons. The highest BCUT2D eigenvalue weighted by Crippen LogP contribution is 2.28. The summed E-state index contributed by atoms with van der Waals surface area (Å²) in [5.74, 6) is -0.371. The number of hydrogen-bond acceptors (Lipinski definition) is 4. The third-order valence-corrected chi connectivity index (χ3v) is 3.40. The maximum absolute atomic E-state index is 11.3. The third-order valence-electron chi connectivity index (χ3n) is 3.40. The van der Waals surface area contributed by atoms with E-state index in [0.717, 1.165) is 11.1 Å². The first kappa shape index (κ1) is 14.8. The fourth-order valence-corrected chi connectivity index (χ4v) is 2.38. The molecule has 0 aliphatic heterocycles. The van der Waals surface area contributed by atoms with E-state index < -0.39 is 5.97 Å². The van der Waals surface area contributed by atoms with Gasteiger partial charge in [0.05, 0.1) is 24.7 Å². The molecule has 0 fully saturated rings. The van der Waals surface area contributed by atoms with E-state index in [-0.39, 0.29) is 5.69 Å². The first-order chi connectivity index (χ1) is 11.1. The van der Waals surface area contributed by atoms with Gasteiger partial charge in [-0.3, -0.25) is 4.98 Å². The van der Waals surface area contributed by atoms with Crippen LogP contribution in [0.5, 0.6) is 5.75 Å². The van der Waals surface area contributed by atoms with E-state index in [2.05, 4.69) is 10.1 Å². The van der Waals surface area contributed by atoms with Crippen molar-refractivity contribution in [2.45, 2.75) is 6.92 Å². The van der Waals surface area contributed by atoms with Crippen LogP contribution in [-0.2, 0) is 0 Å². The van der Waals surface area contributed by atoms with Crippen LogP contribution in [-0.4, -0.2) is 33.0 Å². The predicted octanol–water partition coefficient (Wildman–Crippen LogP) is 2.95. The number of aromatic carboxylic acids is 1. The van der Waals surface area contributed by atoms with Crippen molar-refractivity contribution < 1.29 is 14.6 Å². The molecule has 2 heterocycles. The van der Waals surface area contributed by atoms with E-state index in [9.17, 15) is 9.90 Å². The minimum atomic E-state index is -1.08. The highest BCUT2D eigenvalue weighted by Gasteiger charge is 2.16. The van der Waals surface area contributed by atoms with Gasteiger partial charge in [-0.2, -0.15) is 5.10 Å². The molecular formula is C17H15N3O3. The van der Waals surface area contributed by atoms with Crippen LogP contribution in [0.1, 0.15) is 16.1 Å². The van der Waals surface area contributed by atoms with Crippen molar-refractivity contribution in [2.75, 3.05) is 7.11 Å². The number of nitrogens with zero attached hydrogens (tertiary/aromatic N) is 3. The summed E-state index contributed by atoms with van der Waals surface area (Å²) in [5.41, 5.74) is 3.16. The van der Waals surface area contributed by atoms with Crippen LogP contribution >= 0.6 is 0 Å². The van der Waals surface area contributed by atoms with Crippen molar-refractivity contribution in [1.29, 1.82) is 0 Å². The number of rotatable bonds is 4. The number of ether oxygens (including phenoxy) is 1. The first-order valence-electron chi connectivity index (χ1n) is 6.98. The quantitative estimate of drug-likeness (QED) is 0.801. The molecule has 0 radical (unpaired) electrons. The van der Waals surface area contributed by atoms with Crippen LogP contribution in [0.3, 0.4) is 0 Å². The molecule has 0 saturated carbocycles. The van der Waals surface area contributed by atoms with Gasteiger partial charge in [-0.1, -0.05) is 0 Å². The number of aromatic nitrogens is 3. The molecule has 1 N–H and O–H groups in total. The fraction of sp³-hybridized carbons (Fsp3) is 0.118. The number of carbonyl (C=O) groups is 1. The molecular weight excluding hydrogens is 294 g/mol. The summed E-state index contributed by atoms with van der Waals surface area (Å²) in [6.07, 6.45) is 3.29. The van der Waals surface area contributed by atoms with Crippen molar-refractivity contribution in [2.24, 2.45) is 0 Å². The fourth-order valence-electron chi connectivity index (χ4n) is 2.38. The lowest BCUT2D eigenvalue weighted by molar-refractivity contribution is 0.0690. The predicted molar refractivity (Wildman–Crippen MR) is 85.0 cm³/mol. The van der Waals surface area contributed by atoms with Crippen molar-refractivity contribution >= 4 is 5.97 Å². The van der Waals surface area contributed by atoms with Crippen molar-refractivity contribution in [3.8, 4) is 22.7 Å². The molecule has 0 amide bonds. The van der Waals surface area contributed by atoms with Crippen LogP contribution in [0.4, 0.5) is 0 Å². The minimum absolute atomic E-state index is 0.0238. The Kier molecular flexibility index (Phi) is 3.80. The van der Waals surface area contributed by atoms with E-state index in [0.29, 0.717) is 17.1 Å². The lowest BCUT2D eigenvalue weighted by Crippen LogP contribution is -2.02. The van der Waals surface area contributed by atoms with Crippen LogP contribution in [0.25, 0.3) is 16.9 Å². The zero-order valence-corrected chi connectivity index (χ0v) is 12.7. The number of carboxylic acids is 1. The Hall–Kier alpha value is -3.15. The molecule has 3 aromatic rings. The molecule has 3 rings (SSSR count). The van der Waals surface area contributed by atoms with Crippen LogP contribution < -0.4 is 4.74 Å². The normalized spacial score (nSPS) is 10.5. The van der Waals surface area contributed by atoms with Gasteiger partial charge in [0, 0.05) is 11.8 Å². The largest absolute Gasteiger partial charge is 0.497 e. The smallest absolute Gasteiger partial charge is 0.356 e. The monoisotopic (exact) mass is 309 g/mol. The SMILES string of the molecule is COc1cc(C)cc(-c2cc(C(=O)O)nn2-c2cccnc2)c1.